The fourth-order valence-electron chi connectivity index (χ4n) is 3.22. The summed E-state index contributed by atoms with van der Waals surface area (Å²) >= 11 is 0. The lowest BCUT2D eigenvalue weighted by atomic mass is 9.94. The van der Waals surface area contributed by atoms with Gasteiger partial charge in [0.1, 0.15) is 5.76 Å². The van der Waals surface area contributed by atoms with Gasteiger partial charge in [0.25, 0.3) is 0 Å². The number of fused-ring (bicyclic) bond motifs is 2. The van der Waals surface area contributed by atoms with Crippen molar-refractivity contribution in [3.05, 3.63) is 35.1 Å². The molecule has 0 spiro atoms. The van der Waals surface area contributed by atoms with Crippen LogP contribution in [0.5, 0.6) is 0 Å². The highest BCUT2D eigenvalue weighted by Crippen LogP contribution is 2.46. The molecule has 3 aliphatic rings. The molecular weight excluding hydrogens is 222 g/mol. The molecule has 16 heavy (non-hydrogen) atoms. The quantitative estimate of drug-likeness (QED) is 0.697. The summed E-state index contributed by atoms with van der Waals surface area (Å²) in [5.74, 6) is 2.49. The number of halogens is 1. The van der Waals surface area contributed by atoms with Crippen LogP contribution in [0.25, 0.3) is 0 Å². The van der Waals surface area contributed by atoms with Crippen LogP contribution in [0, 0.1) is 11.8 Å². The van der Waals surface area contributed by atoms with Gasteiger partial charge in [-0.3, -0.25) is 0 Å². The maximum Gasteiger partial charge on any atom is 0.122 e. The second-order valence-corrected chi connectivity index (χ2v) is 4.79. The second-order valence-electron chi connectivity index (χ2n) is 4.79. The SMILES string of the molecule is COC1=CC=CC2CC3CN(C)CC3=C12.Cl. The summed E-state index contributed by atoms with van der Waals surface area (Å²) in [5, 5.41) is 0. The van der Waals surface area contributed by atoms with E-state index in [1.54, 1.807) is 12.7 Å². The monoisotopic (exact) mass is 239 g/mol. The van der Waals surface area contributed by atoms with E-state index >= 15 is 0 Å². The Morgan fingerprint density at radius 1 is 1.44 bits per heavy atom. The fourth-order valence-corrected chi connectivity index (χ4v) is 3.22. The Balaban J connectivity index is 0.000000963. The second kappa shape index (κ2) is 4.27. The number of ether oxygens (including phenoxy) is 1. The van der Waals surface area contributed by atoms with E-state index in [1.165, 1.54) is 18.5 Å². The molecular formula is C13H18ClNO. The number of allylic oxidation sites excluding steroid dienone is 4. The summed E-state index contributed by atoms with van der Waals surface area (Å²) < 4.78 is 5.48. The smallest absolute Gasteiger partial charge is 0.122 e. The first-order valence-corrected chi connectivity index (χ1v) is 5.64. The lowest BCUT2D eigenvalue weighted by Crippen LogP contribution is -2.16. The highest BCUT2D eigenvalue weighted by Gasteiger charge is 2.39. The summed E-state index contributed by atoms with van der Waals surface area (Å²) in [6.45, 7) is 2.35. The predicted octanol–water partition coefficient (Wildman–Crippen LogP) is 2.39. The summed E-state index contributed by atoms with van der Waals surface area (Å²) in [6.07, 6.45) is 7.84. The van der Waals surface area contributed by atoms with E-state index in [1.807, 2.05) is 0 Å². The van der Waals surface area contributed by atoms with Crippen LogP contribution in [-0.2, 0) is 4.74 Å². The molecule has 2 atom stereocenters. The Kier molecular flexibility index (Phi) is 3.13. The molecule has 2 unspecified atom stereocenters. The lowest BCUT2D eigenvalue weighted by molar-refractivity contribution is 0.292. The first-order valence-electron chi connectivity index (χ1n) is 5.64. The van der Waals surface area contributed by atoms with Crippen molar-refractivity contribution in [2.45, 2.75) is 6.42 Å². The molecule has 1 heterocycles. The highest BCUT2D eigenvalue weighted by atomic mass is 35.5. The zero-order valence-corrected chi connectivity index (χ0v) is 10.6. The van der Waals surface area contributed by atoms with E-state index in [9.17, 15) is 0 Å². The first-order chi connectivity index (χ1) is 7.29. The molecule has 88 valence electrons. The van der Waals surface area contributed by atoms with Crippen molar-refractivity contribution in [3.8, 4) is 0 Å². The molecule has 0 aromatic heterocycles. The molecule has 3 rings (SSSR count). The number of hydrogen-bond acceptors (Lipinski definition) is 2. The van der Waals surface area contributed by atoms with Crippen LogP contribution in [0.2, 0.25) is 0 Å². The molecule has 0 N–H and O–H groups in total. The lowest BCUT2D eigenvalue weighted by Gasteiger charge is -2.19. The third kappa shape index (κ3) is 1.61. The Bertz CT molecular complexity index is 383. The number of nitrogens with zero attached hydrogens (tertiary/aromatic N) is 1. The highest BCUT2D eigenvalue weighted by molar-refractivity contribution is 5.85. The number of likely N-dealkylation sites (N-methyl/N-ethyl adjacent to an activating group) is 1. The van der Waals surface area contributed by atoms with Crippen molar-refractivity contribution >= 4 is 12.4 Å². The maximum absolute atomic E-state index is 5.48. The van der Waals surface area contributed by atoms with Crippen LogP contribution in [0.3, 0.4) is 0 Å². The van der Waals surface area contributed by atoms with Crippen molar-refractivity contribution in [2.24, 2.45) is 11.8 Å². The largest absolute Gasteiger partial charge is 0.496 e. The zero-order valence-electron chi connectivity index (χ0n) is 9.77. The third-order valence-corrected chi connectivity index (χ3v) is 3.80. The maximum atomic E-state index is 5.48. The molecule has 1 fully saturated rings. The molecule has 0 radical (unpaired) electrons. The van der Waals surface area contributed by atoms with Gasteiger partial charge in [0, 0.05) is 24.6 Å². The normalized spacial score (nSPS) is 32.0. The first kappa shape index (κ1) is 11.7. The molecule has 2 nitrogen and oxygen atoms in total. The van der Waals surface area contributed by atoms with Gasteiger partial charge in [-0.2, -0.15) is 0 Å². The molecule has 3 heteroatoms. The van der Waals surface area contributed by atoms with Crippen LogP contribution >= 0.6 is 12.4 Å². The van der Waals surface area contributed by atoms with E-state index in [-0.39, 0.29) is 12.4 Å². The Morgan fingerprint density at radius 3 is 3.00 bits per heavy atom. The minimum Gasteiger partial charge on any atom is -0.496 e. The average Bonchev–Trinajstić information content (AvgIpc) is 2.72. The zero-order chi connectivity index (χ0) is 10.4. The Morgan fingerprint density at radius 2 is 2.25 bits per heavy atom. The number of hydrogen-bond donors (Lipinski definition) is 0. The van der Waals surface area contributed by atoms with Crippen molar-refractivity contribution in [1.82, 2.24) is 4.90 Å². The topological polar surface area (TPSA) is 12.5 Å². The van der Waals surface area contributed by atoms with Crippen molar-refractivity contribution in [3.63, 3.8) is 0 Å². The summed E-state index contributed by atoms with van der Waals surface area (Å²) in [4.78, 5) is 2.41. The van der Waals surface area contributed by atoms with Gasteiger partial charge in [0.05, 0.1) is 7.11 Å². The van der Waals surface area contributed by atoms with Crippen molar-refractivity contribution < 1.29 is 4.74 Å². The minimum absolute atomic E-state index is 0. The Hall–Kier alpha value is -0.730. The van der Waals surface area contributed by atoms with Crippen LogP contribution in [-0.4, -0.2) is 32.1 Å². The van der Waals surface area contributed by atoms with Gasteiger partial charge in [0.15, 0.2) is 0 Å². The number of rotatable bonds is 1. The van der Waals surface area contributed by atoms with Crippen molar-refractivity contribution in [1.29, 1.82) is 0 Å². The molecule has 0 amide bonds. The average molecular weight is 240 g/mol. The predicted molar refractivity (Wildman–Crippen MR) is 67.6 cm³/mol. The molecule has 0 aromatic carbocycles. The molecule has 0 saturated carbocycles. The van der Waals surface area contributed by atoms with Crippen LogP contribution in [0.15, 0.2) is 35.1 Å². The van der Waals surface area contributed by atoms with Crippen LogP contribution in [0.4, 0.5) is 0 Å². The molecule has 0 bridgehead atoms. The van der Waals surface area contributed by atoms with Gasteiger partial charge in [-0.05, 0) is 31.0 Å². The summed E-state index contributed by atoms with van der Waals surface area (Å²) in [6, 6.07) is 0. The van der Waals surface area contributed by atoms with Gasteiger partial charge in [-0.15, -0.1) is 12.4 Å². The van der Waals surface area contributed by atoms with E-state index in [4.69, 9.17) is 4.74 Å². The van der Waals surface area contributed by atoms with E-state index in [0.29, 0.717) is 5.92 Å². The number of likely N-dealkylation sites (tertiary alicyclic amines) is 1. The fraction of sp³-hybridized carbons (Fsp3) is 0.538. The molecule has 2 aliphatic carbocycles. The van der Waals surface area contributed by atoms with Gasteiger partial charge < -0.3 is 9.64 Å². The molecule has 0 aromatic rings. The van der Waals surface area contributed by atoms with Gasteiger partial charge >= 0.3 is 0 Å². The molecule has 1 aliphatic heterocycles. The third-order valence-electron chi connectivity index (χ3n) is 3.80. The summed E-state index contributed by atoms with van der Waals surface area (Å²) in [7, 11) is 3.98. The van der Waals surface area contributed by atoms with Gasteiger partial charge in [-0.1, -0.05) is 12.2 Å². The van der Waals surface area contributed by atoms with E-state index in [0.717, 1.165) is 18.2 Å². The number of methoxy groups -OCH3 is 1. The van der Waals surface area contributed by atoms with Crippen LogP contribution < -0.4 is 0 Å². The minimum atomic E-state index is 0. The van der Waals surface area contributed by atoms with E-state index in [2.05, 4.69) is 30.2 Å². The standard InChI is InChI=1S/C13H17NO.ClH/c1-14-7-10-6-9-4-3-5-12(15-2)13(9)11(10)8-14;/h3-5,9-10H,6-8H2,1-2H3;1H. The van der Waals surface area contributed by atoms with Crippen LogP contribution in [0.1, 0.15) is 6.42 Å². The Labute approximate surface area is 103 Å². The van der Waals surface area contributed by atoms with Crippen molar-refractivity contribution in [2.75, 3.05) is 27.2 Å². The van der Waals surface area contributed by atoms with E-state index < -0.39 is 0 Å². The van der Waals surface area contributed by atoms with Gasteiger partial charge in [-0.25, -0.2) is 0 Å². The summed E-state index contributed by atoms with van der Waals surface area (Å²) in [5.41, 5.74) is 3.11. The van der Waals surface area contributed by atoms with Gasteiger partial charge in [0.2, 0.25) is 0 Å². The molecule has 1 saturated heterocycles.